The van der Waals surface area contributed by atoms with Crippen LogP contribution in [0, 0.1) is 5.92 Å². The summed E-state index contributed by atoms with van der Waals surface area (Å²) in [6.07, 6.45) is 3.42. The van der Waals surface area contributed by atoms with Gasteiger partial charge >= 0.3 is 5.97 Å². The Hall–Kier alpha value is -2.80. The van der Waals surface area contributed by atoms with Crippen molar-refractivity contribution in [2.45, 2.75) is 26.3 Å². The van der Waals surface area contributed by atoms with E-state index in [1.54, 1.807) is 27.5 Å². The van der Waals surface area contributed by atoms with Gasteiger partial charge in [-0.05, 0) is 56.6 Å². The molecule has 0 radical (unpaired) electrons. The van der Waals surface area contributed by atoms with Gasteiger partial charge in [0.05, 0.1) is 39.5 Å². The maximum Gasteiger partial charge on any atom is 0.309 e. The summed E-state index contributed by atoms with van der Waals surface area (Å²) in [6.45, 7) is 4.75. The van der Waals surface area contributed by atoms with E-state index in [9.17, 15) is 4.79 Å². The van der Waals surface area contributed by atoms with E-state index in [0.29, 0.717) is 23.9 Å². The standard InChI is InChI=1S/C23H30N2O5/c1-5-30-23(26)16-8-11-25(12-9-16)15-17-7-6-10-24-21(17)18-13-19(27-2)22(29-4)20(14-18)28-3/h6-7,10,13-14,16H,5,8-9,11-12,15H2,1-4H3. The van der Waals surface area contributed by atoms with E-state index in [0.717, 1.165) is 49.3 Å². The Labute approximate surface area is 177 Å². The van der Waals surface area contributed by atoms with Gasteiger partial charge in [-0.25, -0.2) is 0 Å². The summed E-state index contributed by atoms with van der Waals surface area (Å²) < 4.78 is 21.6. The fraction of sp³-hybridized carbons (Fsp3) is 0.478. The lowest BCUT2D eigenvalue weighted by Crippen LogP contribution is -2.36. The molecule has 1 aliphatic heterocycles. The average molecular weight is 415 g/mol. The second kappa shape index (κ2) is 10.3. The van der Waals surface area contributed by atoms with Crippen LogP contribution in [0.25, 0.3) is 11.3 Å². The van der Waals surface area contributed by atoms with E-state index in [4.69, 9.17) is 18.9 Å². The lowest BCUT2D eigenvalue weighted by atomic mass is 9.96. The number of methoxy groups -OCH3 is 3. The third-order valence-corrected chi connectivity index (χ3v) is 5.43. The molecule has 0 spiro atoms. The van der Waals surface area contributed by atoms with Crippen LogP contribution in [0.5, 0.6) is 17.2 Å². The van der Waals surface area contributed by atoms with Gasteiger partial charge in [0.25, 0.3) is 0 Å². The number of hydrogen-bond donors (Lipinski definition) is 0. The van der Waals surface area contributed by atoms with Gasteiger partial charge in [0.1, 0.15) is 0 Å². The SMILES string of the molecule is CCOC(=O)C1CCN(Cc2cccnc2-c2cc(OC)c(OC)c(OC)c2)CC1. The van der Waals surface area contributed by atoms with Crippen LogP contribution in [-0.2, 0) is 16.1 Å². The summed E-state index contributed by atoms with van der Waals surface area (Å²) in [7, 11) is 4.80. The monoisotopic (exact) mass is 414 g/mol. The quantitative estimate of drug-likeness (QED) is 0.612. The summed E-state index contributed by atoms with van der Waals surface area (Å²) in [6, 6.07) is 7.87. The highest BCUT2D eigenvalue weighted by atomic mass is 16.5. The molecule has 30 heavy (non-hydrogen) atoms. The number of hydrogen-bond acceptors (Lipinski definition) is 7. The number of likely N-dealkylation sites (tertiary alicyclic amines) is 1. The first-order valence-electron chi connectivity index (χ1n) is 10.2. The number of piperidine rings is 1. The lowest BCUT2D eigenvalue weighted by Gasteiger charge is -2.31. The Morgan fingerprint density at radius 3 is 2.33 bits per heavy atom. The van der Waals surface area contributed by atoms with Crippen LogP contribution < -0.4 is 14.2 Å². The Morgan fingerprint density at radius 2 is 1.77 bits per heavy atom. The first-order valence-corrected chi connectivity index (χ1v) is 10.2. The largest absolute Gasteiger partial charge is 0.493 e. The van der Waals surface area contributed by atoms with Gasteiger partial charge in [0, 0.05) is 18.3 Å². The second-order valence-electron chi connectivity index (χ2n) is 7.23. The zero-order chi connectivity index (χ0) is 21.5. The fourth-order valence-corrected chi connectivity index (χ4v) is 3.87. The highest BCUT2D eigenvalue weighted by molar-refractivity contribution is 5.72. The van der Waals surface area contributed by atoms with Crippen molar-refractivity contribution in [2.24, 2.45) is 5.92 Å². The second-order valence-corrected chi connectivity index (χ2v) is 7.23. The summed E-state index contributed by atoms with van der Waals surface area (Å²) in [4.78, 5) is 19.0. The van der Waals surface area contributed by atoms with E-state index in [1.807, 2.05) is 25.1 Å². The molecule has 2 aromatic rings. The van der Waals surface area contributed by atoms with Crippen LogP contribution in [-0.4, -0.2) is 56.9 Å². The number of carbonyl (C=O) groups is 1. The molecule has 0 aliphatic carbocycles. The minimum absolute atomic E-state index is 0.00433. The number of rotatable bonds is 8. The van der Waals surface area contributed by atoms with Crippen molar-refractivity contribution in [3.63, 3.8) is 0 Å². The van der Waals surface area contributed by atoms with Crippen molar-refractivity contribution in [1.82, 2.24) is 9.88 Å². The molecular weight excluding hydrogens is 384 g/mol. The van der Waals surface area contributed by atoms with Crippen molar-refractivity contribution in [1.29, 1.82) is 0 Å². The molecule has 162 valence electrons. The molecule has 1 aliphatic rings. The fourth-order valence-electron chi connectivity index (χ4n) is 3.87. The molecule has 7 nitrogen and oxygen atoms in total. The van der Waals surface area contributed by atoms with Gasteiger partial charge in [-0.2, -0.15) is 0 Å². The average Bonchev–Trinajstić information content (AvgIpc) is 2.79. The van der Waals surface area contributed by atoms with Crippen LogP contribution in [0.15, 0.2) is 30.5 Å². The molecule has 0 N–H and O–H groups in total. The van der Waals surface area contributed by atoms with E-state index in [2.05, 4.69) is 16.0 Å². The number of carbonyl (C=O) groups excluding carboxylic acids is 1. The Morgan fingerprint density at radius 1 is 1.10 bits per heavy atom. The molecule has 0 unspecified atom stereocenters. The first-order chi connectivity index (χ1) is 14.6. The highest BCUT2D eigenvalue weighted by Crippen LogP contribution is 2.41. The minimum Gasteiger partial charge on any atom is -0.493 e. The van der Waals surface area contributed by atoms with Gasteiger partial charge in [-0.1, -0.05) is 6.07 Å². The van der Waals surface area contributed by atoms with Crippen molar-refractivity contribution in [2.75, 3.05) is 41.0 Å². The number of nitrogens with zero attached hydrogens (tertiary/aromatic N) is 2. The topological polar surface area (TPSA) is 70.1 Å². The van der Waals surface area contributed by atoms with Gasteiger partial charge in [-0.3, -0.25) is 14.7 Å². The van der Waals surface area contributed by atoms with E-state index < -0.39 is 0 Å². The van der Waals surface area contributed by atoms with Crippen molar-refractivity contribution < 1.29 is 23.7 Å². The zero-order valence-corrected chi connectivity index (χ0v) is 18.1. The highest BCUT2D eigenvalue weighted by Gasteiger charge is 2.26. The smallest absolute Gasteiger partial charge is 0.309 e. The normalized spacial score (nSPS) is 14.9. The molecule has 0 amide bonds. The molecule has 1 saturated heterocycles. The molecule has 1 fully saturated rings. The number of pyridine rings is 1. The summed E-state index contributed by atoms with van der Waals surface area (Å²) in [5, 5.41) is 0. The predicted molar refractivity (Wildman–Crippen MR) is 114 cm³/mol. The molecule has 0 atom stereocenters. The first kappa shape index (κ1) is 21.9. The lowest BCUT2D eigenvalue weighted by molar-refractivity contribution is -0.149. The molecule has 2 heterocycles. The van der Waals surface area contributed by atoms with Crippen LogP contribution in [0.2, 0.25) is 0 Å². The number of esters is 1. The van der Waals surface area contributed by atoms with Crippen molar-refractivity contribution in [3.05, 3.63) is 36.0 Å². The summed E-state index contributed by atoms with van der Waals surface area (Å²) in [5.74, 6) is 1.68. The van der Waals surface area contributed by atoms with E-state index in [-0.39, 0.29) is 11.9 Å². The van der Waals surface area contributed by atoms with Gasteiger partial charge in [0.2, 0.25) is 5.75 Å². The maximum absolute atomic E-state index is 12.0. The van der Waals surface area contributed by atoms with E-state index in [1.165, 1.54) is 0 Å². The van der Waals surface area contributed by atoms with Gasteiger partial charge in [0.15, 0.2) is 11.5 Å². The molecule has 1 aromatic heterocycles. The van der Waals surface area contributed by atoms with E-state index >= 15 is 0 Å². The maximum atomic E-state index is 12.0. The van der Waals surface area contributed by atoms with Crippen LogP contribution >= 0.6 is 0 Å². The number of aromatic nitrogens is 1. The summed E-state index contributed by atoms with van der Waals surface area (Å²) >= 11 is 0. The van der Waals surface area contributed by atoms with Gasteiger partial charge < -0.3 is 18.9 Å². The molecular formula is C23H30N2O5. The molecule has 0 saturated carbocycles. The Kier molecular flexibility index (Phi) is 7.52. The predicted octanol–water partition coefficient (Wildman–Crippen LogP) is 3.55. The number of ether oxygens (including phenoxy) is 4. The zero-order valence-electron chi connectivity index (χ0n) is 18.1. The van der Waals surface area contributed by atoms with Gasteiger partial charge in [-0.15, -0.1) is 0 Å². The molecule has 7 heteroatoms. The van der Waals surface area contributed by atoms with Crippen LogP contribution in [0.1, 0.15) is 25.3 Å². The molecule has 0 bridgehead atoms. The third kappa shape index (κ3) is 4.84. The molecule has 3 rings (SSSR count). The third-order valence-electron chi connectivity index (χ3n) is 5.43. The Balaban J connectivity index is 1.80. The van der Waals surface area contributed by atoms with Crippen molar-refractivity contribution >= 4 is 5.97 Å². The molecule has 1 aromatic carbocycles. The minimum atomic E-state index is -0.0726. The summed E-state index contributed by atoms with van der Waals surface area (Å²) in [5.41, 5.74) is 2.90. The van der Waals surface area contributed by atoms with Crippen molar-refractivity contribution in [3.8, 4) is 28.5 Å². The number of benzene rings is 1. The van der Waals surface area contributed by atoms with Crippen LogP contribution in [0.3, 0.4) is 0 Å². The van der Waals surface area contributed by atoms with Crippen LogP contribution in [0.4, 0.5) is 0 Å². The Bertz CT molecular complexity index is 837.